The number of carbonyl (C=O) groups is 1. The summed E-state index contributed by atoms with van der Waals surface area (Å²) < 4.78 is 5.29. The number of aromatic nitrogens is 2. The van der Waals surface area contributed by atoms with E-state index in [9.17, 15) is 4.79 Å². The summed E-state index contributed by atoms with van der Waals surface area (Å²) >= 11 is 0. The summed E-state index contributed by atoms with van der Waals surface area (Å²) in [7, 11) is 0. The third kappa shape index (κ3) is 4.63. The van der Waals surface area contributed by atoms with Crippen LogP contribution in [-0.2, 0) is 6.42 Å². The Morgan fingerprint density at radius 3 is 2.35 bits per heavy atom. The van der Waals surface area contributed by atoms with Crippen molar-refractivity contribution in [1.82, 2.24) is 14.9 Å². The number of rotatable bonds is 5. The number of piperazine rings is 1. The minimum Gasteiger partial charge on any atom is -0.459 e. The Morgan fingerprint density at radius 2 is 1.74 bits per heavy atom. The standard InChI is InChI=1S/C25H30N4O2/c1-17(2)23-26-19(4)21(16-20-9-7-18(3)8-10-20)24(27-23)28-11-13-29(14-12-28)25(30)22-6-5-15-31-22/h5-10,15,17H,11-14,16H2,1-4H3. The molecule has 162 valence electrons. The first-order valence-electron chi connectivity index (χ1n) is 10.9. The van der Waals surface area contributed by atoms with E-state index in [1.807, 2.05) is 4.90 Å². The monoisotopic (exact) mass is 418 g/mol. The molecule has 3 aromatic rings. The van der Waals surface area contributed by atoms with Crippen molar-refractivity contribution in [3.8, 4) is 0 Å². The number of aryl methyl sites for hydroxylation is 2. The Labute approximate surface area is 183 Å². The topological polar surface area (TPSA) is 62.5 Å². The van der Waals surface area contributed by atoms with Gasteiger partial charge in [-0.05, 0) is 31.5 Å². The van der Waals surface area contributed by atoms with E-state index in [1.54, 1.807) is 12.1 Å². The average molecular weight is 419 g/mol. The first-order valence-corrected chi connectivity index (χ1v) is 10.9. The molecule has 1 saturated heterocycles. The molecule has 2 aromatic heterocycles. The van der Waals surface area contributed by atoms with E-state index in [-0.39, 0.29) is 11.8 Å². The summed E-state index contributed by atoms with van der Waals surface area (Å²) in [4.78, 5) is 26.6. The van der Waals surface area contributed by atoms with Crippen molar-refractivity contribution >= 4 is 11.7 Å². The van der Waals surface area contributed by atoms with E-state index in [0.29, 0.717) is 18.8 Å². The molecular weight excluding hydrogens is 388 g/mol. The summed E-state index contributed by atoms with van der Waals surface area (Å²) in [5.74, 6) is 2.48. The number of nitrogens with zero attached hydrogens (tertiary/aromatic N) is 4. The number of anilines is 1. The molecule has 0 N–H and O–H groups in total. The van der Waals surface area contributed by atoms with E-state index in [2.05, 4.69) is 56.9 Å². The van der Waals surface area contributed by atoms with Crippen LogP contribution in [0.4, 0.5) is 5.82 Å². The zero-order valence-corrected chi connectivity index (χ0v) is 18.8. The van der Waals surface area contributed by atoms with Gasteiger partial charge in [0.1, 0.15) is 11.6 Å². The van der Waals surface area contributed by atoms with Crippen LogP contribution in [0.5, 0.6) is 0 Å². The second kappa shape index (κ2) is 8.92. The van der Waals surface area contributed by atoms with Crippen LogP contribution < -0.4 is 4.90 Å². The van der Waals surface area contributed by atoms with Crippen molar-refractivity contribution < 1.29 is 9.21 Å². The third-order valence-electron chi connectivity index (χ3n) is 5.83. The number of hydrogen-bond acceptors (Lipinski definition) is 5. The SMILES string of the molecule is Cc1ccc(Cc2c(C)nc(C(C)C)nc2N2CCN(C(=O)c3ccco3)CC2)cc1. The van der Waals surface area contributed by atoms with E-state index in [0.717, 1.165) is 36.8 Å². The van der Waals surface area contributed by atoms with Crippen LogP contribution in [0.2, 0.25) is 0 Å². The average Bonchev–Trinajstić information content (AvgIpc) is 3.31. The highest BCUT2D eigenvalue weighted by Crippen LogP contribution is 2.27. The number of furan rings is 1. The van der Waals surface area contributed by atoms with Gasteiger partial charge in [-0.3, -0.25) is 4.79 Å². The van der Waals surface area contributed by atoms with E-state index in [1.165, 1.54) is 23.0 Å². The Morgan fingerprint density at radius 1 is 1.03 bits per heavy atom. The number of benzene rings is 1. The molecule has 0 radical (unpaired) electrons. The van der Waals surface area contributed by atoms with Crippen molar-refractivity contribution in [2.24, 2.45) is 0 Å². The molecule has 0 aliphatic carbocycles. The predicted molar refractivity (Wildman–Crippen MR) is 122 cm³/mol. The lowest BCUT2D eigenvalue weighted by Gasteiger charge is -2.36. The normalized spacial score (nSPS) is 14.4. The second-order valence-electron chi connectivity index (χ2n) is 8.54. The maximum Gasteiger partial charge on any atom is 0.289 e. The van der Waals surface area contributed by atoms with Gasteiger partial charge in [0, 0.05) is 49.8 Å². The molecule has 0 bridgehead atoms. The molecule has 4 rings (SSSR count). The summed E-state index contributed by atoms with van der Waals surface area (Å²) in [6.07, 6.45) is 2.34. The summed E-state index contributed by atoms with van der Waals surface area (Å²) in [6.45, 7) is 11.2. The van der Waals surface area contributed by atoms with Crippen molar-refractivity contribution in [2.75, 3.05) is 31.1 Å². The van der Waals surface area contributed by atoms with Crippen molar-refractivity contribution in [2.45, 2.75) is 40.0 Å². The van der Waals surface area contributed by atoms with Crippen LogP contribution in [0, 0.1) is 13.8 Å². The molecule has 0 unspecified atom stereocenters. The first kappa shape index (κ1) is 21.1. The Kier molecular flexibility index (Phi) is 6.07. The van der Waals surface area contributed by atoms with Crippen LogP contribution in [-0.4, -0.2) is 47.0 Å². The Hall–Kier alpha value is -3.15. The zero-order valence-electron chi connectivity index (χ0n) is 18.8. The van der Waals surface area contributed by atoms with E-state index >= 15 is 0 Å². The molecular formula is C25H30N4O2. The molecule has 1 amide bonds. The van der Waals surface area contributed by atoms with Gasteiger partial charge in [0.15, 0.2) is 5.76 Å². The zero-order chi connectivity index (χ0) is 22.0. The molecule has 1 fully saturated rings. The van der Waals surface area contributed by atoms with Gasteiger partial charge in [-0.1, -0.05) is 43.7 Å². The summed E-state index contributed by atoms with van der Waals surface area (Å²) in [5.41, 5.74) is 4.70. The Balaban J connectivity index is 1.59. The lowest BCUT2D eigenvalue weighted by atomic mass is 10.0. The van der Waals surface area contributed by atoms with Crippen LogP contribution >= 0.6 is 0 Å². The molecule has 1 aromatic carbocycles. The minimum atomic E-state index is -0.0498. The fourth-order valence-electron chi connectivity index (χ4n) is 3.92. The highest BCUT2D eigenvalue weighted by Gasteiger charge is 2.27. The Bertz CT molecular complexity index is 1030. The molecule has 1 aliphatic heterocycles. The fourth-order valence-corrected chi connectivity index (χ4v) is 3.92. The van der Waals surface area contributed by atoms with Crippen molar-refractivity contribution in [3.63, 3.8) is 0 Å². The van der Waals surface area contributed by atoms with Crippen LogP contribution in [0.1, 0.15) is 58.5 Å². The molecule has 31 heavy (non-hydrogen) atoms. The molecule has 6 heteroatoms. The first-order chi connectivity index (χ1) is 14.9. The lowest BCUT2D eigenvalue weighted by Crippen LogP contribution is -2.49. The van der Waals surface area contributed by atoms with Gasteiger partial charge in [-0.2, -0.15) is 0 Å². The van der Waals surface area contributed by atoms with Gasteiger partial charge in [0.2, 0.25) is 0 Å². The molecule has 3 heterocycles. The van der Waals surface area contributed by atoms with Crippen molar-refractivity contribution in [3.05, 3.63) is 76.6 Å². The van der Waals surface area contributed by atoms with Crippen LogP contribution in [0.25, 0.3) is 0 Å². The van der Waals surface area contributed by atoms with Gasteiger partial charge in [-0.15, -0.1) is 0 Å². The lowest BCUT2D eigenvalue weighted by molar-refractivity contribution is 0.0714. The number of hydrogen-bond donors (Lipinski definition) is 0. The van der Waals surface area contributed by atoms with Crippen LogP contribution in [0.15, 0.2) is 47.1 Å². The van der Waals surface area contributed by atoms with Gasteiger partial charge < -0.3 is 14.2 Å². The highest BCUT2D eigenvalue weighted by molar-refractivity contribution is 5.91. The van der Waals surface area contributed by atoms with Gasteiger partial charge in [0.05, 0.1) is 6.26 Å². The molecule has 1 aliphatic rings. The number of amides is 1. The quantitative estimate of drug-likeness (QED) is 0.616. The second-order valence-corrected chi connectivity index (χ2v) is 8.54. The molecule has 6 nitrogen and oxygen atoms in total. The minimum absolute atomic E-state index is 0.0498. The van der Waals surface area contributed by atoms with Crippen molar-refractivity contribution in [1.29, 1.82) is 0 Å². The molecule has 0 spiro atoms. The van der Waals surface area contributed by atoms with Crippen LogP contribution in [0.3, 0.4) is 0 Å². The van der Waals surface area contributed by atoms with Gasteiger partial charge in [-0.25, -0.2) is 9.97 Å². The third-order valence-corrected chi connectivity index (χ3v) is 5.83. The fraction of sp³-hybridized carbons (Fsp3) is 0.400. The maximum atomic E-state index is 12.6. The molecule has 0 saturated carbocycles. The molecule has 0 atom stereocenters. The van der Waals surface area contributed by atoms with Gasteiger partial charge in [0.25, 0.3) is 5.91 Å². The van der Waals surface area contributed by atoms with E-state index in [4.69, 9.17) is 14.4 Å². The highest BCUT2D eigenvalue weighted by atomic mass is 16.3. The summed E-state index contributed by atoms with van der Waals surface area (Å²) in [5, 5.41) is 0. The largest absolute Gasteiger partial charge is 0.459 e. The smallest absolute Gasteiger partial charge is 0.289 e. The maximum absolute atomic E-state index is 12.6. The number of carbonyl (C=O) groups excluding carboxylic acids is 1. The summed E-state index contributed by atoms with van der Waals surface area (Å²) in [6, 6.07) is 12.1. The van der Waals surface area contributed by atoms with Gasteiger partial charge >= 0.3 is 0 Å². The van der Waals surface area contributed by atoms with E-state index < -0.39 is 0 Å². The predicted octanol–water partition coefficient (Wildman–Crippen LogP) is 4.36.